The van der Waals surface area contributed by atoms with Crippen LogP contribution in [-0.2, 0) is 20.9 Å². The van der Waals surface area contributed by atoms with Crippen LogP contribution in [0, 0.1) is 0 Å². The van der Waals surface area contributed by atoms with Gasteiger partial charge in [0, 0.05) is 49.5 Å². The predicted octanol–water partition coefficient (Wildman–Crippen LogP) is 3.85. The van der Waals surface area contributed by atoms with E-state index in [4.69, 9.17) is 4.74 Å². The van der Waals surface area contributed by atoms with Crippen LogP contribution < -0.4 is 4.90 Å². The number of aromatic nitrogens is 2. The second kappa shape index (κ2) is 8.96. The third-order valence-electron chi connectivity index (χ3n) is 6.47. The molecule has 0 bridgehead atoms. The van der Waals surface area contributed by atoms with Crippen molar-refractivity contribution in [2.75, 3.05) is 51.3 Å². The summed E-state index contributed by atoms with van der Waals surface area (Å²) < 4.78 is 74.0. The zero-order valence-corrected chi connectivity index (χ0v) is 19.9. The summed E-state index contributed by atoms with van der Waals surface area (Å²) in [7, 11) is -2.14. The van der Waals surface area contributed by atoms with Crippen LogP contribution >= 0.6 is 0 Å². The first kappa shape index (κ1) is 23.8. The van der Waals surface area contributed by atoms with Crippen LogP contribution in [-0.4, -0.2) is 68.7 Å². The Kier molecular flexibility index (Phi) is 6.10. The van der Waals surface area contributed by atoms with Crippen LogP contribution in [0.4, 0.5) is 19.0 Å². The summed E-state index contributed by atoms with van der Waals surface area (Å²) in [6.07, 6.45) is 0.750. The molecule has 0 unspecified atom stereocenters. The highest BCUT2D eigenvalue weighted by molar-refractivity contribution is 7.90. The Morgan fingerprint density at radius 3 is 2.46 bits per heavy atom. The number of alkyl halides is 3. The van der Waals surface area contributed by atoms with Gasteiger partial charge in [-0.2, -0.15) is 13.2 Å². The van der Waals surface area contributed by atoms with Gasteiger partial charge in [-0.25, -0.2) is 17.4 Å². The summed E-state index contributed by atoms with van der Waals surface area (Å²) in [4.78, 5) is 8.40. The number of pyridine rings is 1. The lowest BCUT2D eigenvalue weighted by molar-refractivity contribution is -0.137. The number of fused-ring (bicyclic) bond motifs is 1. The van der Waals surface area contributed by atoms with E-state index in [2.05, 4.69) is 9.88 Å². The minimum Gasteiger partial charge on any atom is -0.378 e. The summed E-state index contributed by atoms with van der Waals surface area (Å²) in [5.74, 6) is 0.650. The maximum absolute atomic E-state index is 13.6. The molecule has 0 aliphatic carbocycles. The molecule has 0 spiro atoms. The zero-order chi connectivity index (χ0) is 24.8. The Balaban J connectivity index is 1.60. The molecule has 0 saturated carbocycles. The molecular weight excluding hydrogens is 481 g/mol. The van der Waals surface area contributed by atoms with Crippen molar-refractivity contribution in [3.05, 3.63) is 59.9 Å². The van der Waals surface area contributed by atoms with Crippen LogP contribution in [0.25, 0.3) is 16.5 Å². The fourth-order valence-electron chi connectivity index (χ4n) is 4.46. The van der Waals surface area contributed by atoms with Crippen LogP contribution in [0.15, 0.2) is 53.7 Å². The van der Waals surface area contributed by atoms with Gasteiger partial charge in [-0.15, -0.1) is 0 Å². The van der Waals surface area contributed by atoms with E-state index < -0.39 is 21.8 Å². The van der Waals surface area contributed by atoms with E-state index in [1.165, 1.54) is 24.5 Å². The Morgan fingerprint density at radius 2 is 1.83 bits per heavy atom. The SMILES string of the molecule is CN1CC=C(c2cn(S(=O)(=O)c3ccc(N4CCOCC4)nc3)c3ccc(C(F)(F)F)cc23)CC1. The minimum absolute atomic E-state index is 0.0322. The monoisotopic (exact) mass is 506 g/mol. The van der Waals surface area contributed by atoms with Crippen molar-refractivity contribution in [1.29, 1.82) is 0 Å². The van der Waals surface area contributed by atoms with Gasteiger partial charge in [0.25, 0.3) is 10.0 Å². The first-order valence-corrected chi connectivity index (χ1v) is 12.7. The number of nitrogens with zero attached hydrogens (tertiary/aromatic N) is 4. The third-order valence-corrected chi connectivity index (χ3v) is 8.13. The normalized spacial score (nSPS) is 18.2. The fraction of sp³-hybridized carbons (Fsp3) is 0.375. The molecule has 0 radical (unpaired) electrons. The Labute approximate surface area is 201 Å². The number of likely N-dealkylation sites (N-methyl/N-ethyl adjacent to an activating group) is 1. The predicted molar refractivity (Wildman–Crippen MR) is 127 cm³/mol. The van der Waals surface area contributed by atoms with Crippen molar-refractivity contribution in [2.45, 2.75) is 17.5 Å². The number of morpholine rings is 1. The number of rotatable bonds is 4. The molecule has 1 saturated heterocycles. The smallest absolute Gasteiger partial charge is 0.378 e. The third kappa shape index (κ3) is 4.55. The average molecular weight is 507 g/mol. The summed E-state index contributed by atoms with van der Waals surface area (Å²) in [6.45, 7) is 3.85. The van der Waals surface area contributed by atoms with Gasteiger partial charge < -0.3 is 14.5 Å². The molecule has 1 aromatic carbocycles. The Morgan fingerprint density at radius 1 is 1.06 bits per heavy atom. The zero-order valence-electron chi connectivity index (χ0n) is 19.1. The van der Waals surface area contributed by atoms with Crippen LogP contribution in [0.2, 0.25) is 0 Å². The van der Waals surface area contributed by atoms with Crippen LogP contribution in [0.1, 0.15) is 17.5 Å². The second-order valence-electron chi connectivity index (χ2n) is 8.77. The fourth-order valence-corrected chi connectivity index (χ4v) is 5.78. The van der Waals surface area contributed by atoms with E-state index in [1.54, 1.807) is 6.07 Å². The van der Waals surface area contributed by atoms with E-state index >= 15 is 0 Å². The van der Waals surface area contributed by atoms with E-state index in [-0.39, 0.29) is 15.8 Å². The molecule has 3 aromatic rings. The number of hydrogen-bond acceptors (Lipinski definition) is 6. The summed E-state index contributed by atoms with van der Waals surface area (Å²) in [6, 6.07) is 6.31. The largest absolute Gasteiger partial charge is 0.416 e. The molecule has 2 aliphatic heterocycles. The molecule has 186 valence electrons. The van der Waals surface area contributed by atoms with Gasteiger partial charge in [0.05, 0.1) is 24.3 Å². The number of ether oxygens (including phenoxy) is 1. The van der Waals surface area contributed by atoms with Crippen LogP contribution in [0.5, 0.6) is 0 Å². The van der Waals surface area contributed by atoms with E-state index in [0.717, 1.165) is 28.2 Å². The Bertz CT molecular complexity index is 1380. The van der Waals surface area contributed by atoms with Crippen molar-refractivity contribution < 1.29 is 26.3 Å². The summed E-state index contributed by atoms with van der Waals surface area (Å²) in [5, 5.41) is 0.261. The van der Waals surface area contributed by atoms with Crippen LogP contribution in [0.3, 0.4) is 0 Å². The van der Waals surface area contributed by atoms with Gasteiger partial charge in [-0.3, -0.25) is 0 Å². The van der Waals surface area contributed by atoms with Crippen molar-refractivity contribution in [3.8, 4) is 0 Å². The van der Waals surface area contributed by atoms with Crippen molar-refractivity contribution in [3.63, 3.8) is 0 Å². The quantitative estimate of drug-likeness (QED) is 0.536. The average Bonchev–Trinajstić information content (AvgIpc) is 3.24. The first-order chi connectivity index (χ1) is 16.6. The Hall–Kier alpha value is -2.89. The lowest BCUT2D eigenvalue weighted by Gasteiger charge is -2.27. The van der Waals surface area contributed by atoms with Gasteiger partial charge in [0.1, 0.15) is 10.7 Å². The molecule has 0 amide bonds. The van der Waals surface area contributed by atoms with Gasteiger partial charge >= 0.3 is 6.18 Å². The van der Waals surface area contributed by atoms with Gasteiger partial charge in [-0.05, 0) is 49.4 Å². The van der Waals surface area contributed by atoms with E-state index in [9.17, 15) is 21.6 Å². The molecule has 11 heteroatoms. The van der Waals surface area contributed by atoms with E-state index in [0.29, 0.717) is 50.7 Å². The molecule has 1 fully saturated rings. The van der Waals surface area contributed by atoms with Gasteiger partial charge in [-0.1, -0.05) is 6.08 Å². The molecule has 35 heavy (non-hydrogen) atoms. The highest BCUT2D eigenvalue weighted by atomic mass is 32.2. The molecule has 0 atom stereocenters. The topological polar surface area (TPSA) is 67.7 Å². The maximum Gasteiger partial charge on any atom is 0.416 e. The van der Waals surface area contributed by atoms with Gasteiger partial charge in [0.2, 0.25) is 0 Å². The molecule has 0 N–H and O–H groups in total. The first-order valence-electron chi connectivity index (χ1n) is 11.3. The highest BCUT2D eigenvalue weighted by Gasteiger charge is 2.32. The van der Waals surface area contributed by atoms with Crippen molar-refractivity contribution >= 4 is 32.3 Å². The molecule has 4 heterocycles. The summed E-state index contributed by atoms with van der Waals surface area (Å²) in [5.41, 5.74) is 0.722. The molecule has 5 rings (SSSR count). The molecule has 2 aliphatic rings. The molecule has 7 nitrogen and oxygen atoms in total. The van der Waals surface area contributed by atoms with Crippen molar-refractivity contribution in [1.82, 2.24) is 13.9 Å². The summed E-state index contributed by atoms with van der Waals surface area (Å²) >= 11 is 0. The number of hydrogen-bond donors (Lipinski definition) is 0. The molecule has 2 aromatic heterocycles. The number of benzene rings is 1. The number of halogens is 3. The lowest BCUT2D eigenvalue weighted by atomic mass is 9.98. The maximum atomic E-state index is 13.6. The number of anilines is 1. The standard InChI is InChI=1S/C24H25F3N4O3S/c1-29-8-6-17(7-9-29)21-16-31(22-4-2-18(14-20(21)22)24(25,26)27)35(32,33)19-3-5-23(28-15-19)30-10-12-34-13-11-30/h2-6,14-16H,7-13H2,1H3. The second-order valence-corrected chi connectivity index (χ2v) is 10.6. The van der Waals surface area contributed by atoms with Gasteiger partial charge in [0.15, 0.2) is 0 Å². The lowest BCUT2D eigenvalue weighted by Crippen LogP contribution is -2.36. The minimum atomic E-state index is -4.53. The van der Waals surface area contributed by atoms with Crippen molar-refractivity contribution in [2.24, 2.45) is 0 Å². The van der Waals surface area contributed by atoms with E-state index in [1.807, 2.05) is 18.0 Å². The highest BCUT2D eigenvalue weighted by Crippen LogP contribution is 2.37. The molecular formula is C24H25F3N4O3S.